The van der Waals surface area contributed by atoms with Crippen LogP contribution in [0.5, 0.6) is 0 Å². The maximum Gasteiger partial charge on any atom is 0.246 e. The Morgan fingerprint density at radius 2 is 2.03 bits per heavy atom. The summed E-state index contributed by atoms with van der Waals surface area (Å²) in [7, 11) is 0. The molecule has 9 nitrogen and oxygen atoms in total. The van der Waals surface area contributed by atoms with E-state index in [4.69, 9.17) is 27.2 Å². The molecular weight excluding hydrogens is 469 g/mol. The molecule has 0 aromatic heterocycles. The molecule has 1 saturated heterocycles. The number of benzene rings is 1. The van der Waals surface area contributed by atoms with Crippen molar-refractivity contribution in [3.8, 4) is 0 Å². The molecule has 1 aromatic rings. The van der Waals surface area contributed by atoms with Gasteiger partial charge in [0.1, 0.15) is 12.1 Å². The molecule has 0 aliphatic carbocycles. The van der Waals surface area contributed by atoms with Crippen molar-refractivity contribution in [1.82, 2.24) is 9.80 Å². The van der Waals surface area contributed by atoms with Gasteiger partial charge in [0.05, 0.1) is 11.5 Å². The summed E-state index contributed by atoms with van der Waals surface area (Å²) in [6, 6.07) is 1.02. The fraction of sp³-hybridized carbons (Fsp3) is 0.545. The fourth-order valence-electron chi connectivity index (χ4n) is 4.46. The normalized spacial score (nSPS) is 24.8. The van der Waals surface area contributed by atoms with Crippen molar-refractivity contribution in [2.45, 2.75) is 57.2 Å². The summed E-state index contributed by atoms with van der Waals surface area (Å²) in [5.74, 6) is -3.17. The predicted molar refractivity (Wildman–Crippen MR) is 128 cm³/mol. The Labute approximate surface area is 208 Å². The Kier molecular flexibility index (Phi) is 6.71. The van der Waals surface area contributed by atoms with E-state index in [1.807, 2.05) is 0 Å². The maximum atomic E-state index is 13.9. The van der Waals surface area contributed by atoms with Crippen molar-refractivity contribution < 1.29 is 23.3 Å². The molecule has 11 heteroatoms. The van der Waals surface area contributed by atoms with E-state index in [2.05, 4.69) is 5.32 Å². The molecule has 2 heterocycles. The molecule has 2 aliphatic rings. The van der Waals surface area contributed by atoms with Gasteiger partial charge in [0.2, 0.25) is 23.6 Å². The minimum atomic E-state index is -2.97. The number of nitrogens with two attached hydrogens (primary N) is 2. The van der Waals surface area contributed by atoms with E-state index in [-0.39, 0.29) is 37.7 Å². The Balaban J connectivity index is 0.00000456. The highest BCUT2D eigenvalue weighted by atomic mass is 35.5. The predicted octanol–water partition coefficient (Wildman–Crippen LogP) is 1.26. The number of amides is 4. The van der Waals surface area contributed by atoms with Crippen molar-refractivity contribution in [2.75, 3.05) is 18.8 Å². The second-order valence-corrected chi connectivity index (χ2v) is 9.39. The SMILES string of the molecule is Cl.[2H]C([2H])([2H])N(C(=O)[C@H](C)N)[C@@H](CC(C)C)C(=O)N1C[C@]2(C[C@H]1C(N)=O)C(=O)Nc1ccc(Cl)cc12. The summed E-state index contributed by atoms with van der Waals surface area (Å²) < 4.78 is 23.8. The van der Waals surface area contributed by atoms with Gasteiger partial charge in [0.25, 0.3) is 0 Å². The topological polar surface area (TPSA) is 139 Å². The quantitative estimate of drug-likeness (QED) is 0.537. The van der Waals surface area contributed by atoms with Crippen LogP contribution in [-0.2, 0) is 24.6 Å². The van der Waals surface area contributed by atoms with Crippen LogP contribution in [-0.4, -0.2) is 65.1 Å². The number of fused-ring (bicyclic) bond motifs is 2. The van der Waals surface area contributed by atoms with Crippen LogP contribution < -0.4 is 16.8 Å². The first kappa shape index (κ1) is 22.4. The van der Waals surface area contributed by atoms with E-state index < -0.39 is 54.1 Å². The zero-order valence-corrected chi connectivity index (χ0v) is 20.2. The number of carbonyl (C=O) groups excluding carboxylic acids is 4. The van der Waals surface area contributed by atoms with Crippen LogP contribution in [0.25, 0.3) is 0 Å². The largest absolute Gasteiger partial charge is 0.368 e. The van der Waals surface area contributed by atoms with Crippen LogP contribution in [0.1, 0.15) is 43.3 Å². The van der Waals surface area contributed by atoms with Gasteiger partial charge in [-0.2, -0.15) is 0 Å². The molecule has 0 unspecified atom stereocenters. The third kappa shape index (κ3) is 4.81. The van der Waals surface area contributed by atoms with Gasteiger partial charge in [-0.3, -0.25) is 19.2 Å². The summed E-state index contributed by atoms with van der Waals surface area (Å²) in [5, 5.41) is 3.13. The number of anilines is 1. The maximum absolute atomic E-state index is 13.9. The number of carbonyl (C=O) groups is 4. The average molecular weight is 503 g/mol. The lowest BCUT2D eigenvalue weighted by Gasteiger charge is -2.34. The highest BCUT2D eigenvalue weighted by Crippen LogP contribution is 2.47. The van der Waals surface area contributed by atoms with Crippen LogP contribution >= 0.6 is 24.0 Å². The molecule has 2 aliphatic heterocycles. The van der Waals surface area contributed by atoms with Crippen molar-refractivity contribution in [2.24, 2.45) is 17.4 Å². The number of hydrogen-bond acceptors (Lipinski definition) is 5. The van der Waals surface area contributed by atoms with E-state index in [0.717, 1.165) is 4.90 Å². The summed E-state index contributed by atoms with van der Waals surface area (Å²) in [4.78, 5) is 54.0. The first-order chi connectivity index (χ1) is 16.1. The Morgan fingerprint density at radius 1 is 1.36 bits per heavy atom. The van der Waals surface area contributed by atoms with Gasteiger partial charge in [0, 0.05) is 28.3 Å². The van der Waals surface area contributed by atoms with E-state index in [9.17, 15) is 19.2 Å². The van der Waals surface area contributed by atoms with Crippen molar-refractivity contribution >= 4 is 53.3 Å². The second kappa shape index (κ2) is 9.87. The summed E-state index contributed by atoms with van der Waals surface area (Å²) in [5.41, 5.74) is 11.1. The average Bonchev–Trinajstić information content (AvgIpc) is 3.25. The summed E-state index contributed by atoms with van der Waals surface area (Å²) in [6.45, 7) is 1.68. The molecule has 0 radical (unpaired) electrons. The number of hydrogen-bond donors (Lipinski definition) is 3. The van der Waals surface area contributed by atoms with E-state index in [1.165, 1.54) is 6.92 Å². The minimum Gasteiger partial charge on any atom is -0.368 e. The lowest BCUT2D eigenvalue weighted by atomic mass is 9.79. The van der Waals surface area contributed by atoms with Crippen LogP contribution in [0.4, 0.5) is 5.69 Å². The first-order valence-corrected chi connectivity index (χ1v) is 10.8. The number of nitrogens with zero attached hydrogens (tertiary/aromatic N) is 2. The molecule has 182 valence electrons. The van der Waals surface area contributed by atoms with Gasteiger partial charge in [0.15, 0.2) is 0 Å². The van der Waals surface area contributed by atoms with E-state index in [1.54, 1.807) is 32.0 Å². The Bertz CT molecular complexity index is 1070. The molecule has 3 rings (SSSR count). The van der Waals surface area contributed by atoms with Crippen LogP contribution in [0.15, 0.2) is 18.2 Å². The van der Waals surface area contributed by atoms with Gasteiger partial charge >= 0.3 is 0 Å². The van der Waals surface area contributed by atoms with Crippen LogP contribution in [0, 0.1) is 5.92 Å². The molecule has 33 heavy (non-hydrogen) atoms. The third-order valence-electron chi connectivity index (χ3n) is 6.07. The molecule has 4 amide bonds. The zero-order chi connectivity index (χ0) is 26.5. The summed E-state index contributed by atoms with van der Waals surface area (Å²) >= 11 is 6.16. The molecule has 0 bridgehead atoms. The van der Waals surface area contributed by atoms with E-state index in [0.29, 0.717) is 21.2 Å². The Hall–Kier alpha value is -2.36. The molecule has 4 atom stereocenters. The number of halogens is 2. The zero-order valence-electron chi connectivity index (χ0n) is 21.6. The number of likely N-dealkylation sites (N-methyl/N-ethyl adjacent to an activating group) is 1. The van der Waals surface area contributed by atoms with Gasteiger partial charge in [-0.15, -0.1) is 12.4 Å². The highest BCUT2D eigenvalue weighted by molar-refractivity contribution is 6.31. The monoisotopic (exact) mass is 502 g/mol. The molecule has 1 spiro atoms. The molecule has 5 N–H and O–H groups in total. The fourth-order valence-corrected chi connectivity index (χ4v) is 4.64. The lowest BCUT2D eigenvalue weighted by molar-refractivity contribution is -0.148. The van der Waals surface area contributed by atoms with Gasteiger partial charge in [-0.05, 0) is 49.4 Å². The molecule has 1 fully saturated rings. The van der Waals surface area contributed by atoms with Gasteiger partial charge in [-0.1, -0.05) is 25.4 Å². The molecule has 0 saturated carbocycles. The van der Waals surface area contributed by atoms with Crippen molar-refractivity contribution in [1.29, 1.82) is 0 Å². The van der Waals surface area contributed by atoms with Crippen LogP contribution in [0.2, 0.25) is 5.02 Å². The summed E-state index contributed by atoms with van der Waals surface area (Å²) in [6.07, 6.45) is -0.101. The molecular formula is C22H31Cl2N5O4. The number of primary amides is 1. The van der Waals surface area contributed by atoms with Gasteiger partial charge in [-0.25, -0.2) is 0 Å². The Morgan fingerprint density at radius 3 is 2.58 bits per heavy atom. The standard InChI is InChI=1S/C22H30ClN5O4.ClH/c1-11(2)7-16(27(4)19(30)12(3)24)20(31)28-10-22(9-17(28)18(25)29)14-8-13(23)5-6-15(14)26-21(22)32;/h5-6,8,11-12,16-17H,7,9-10,24H2,1-4H3,(H2,25,29)(H,26,32);1H/t12-,16-,17-,22-;/m0./s1/i4D3;. The molecule has 1 aromatic carbocycles. The number of nitrogens with one attached hydrogen (secondary N) is 1. The number of rotatable bonds is 6. The van der Waals surface area contributed by atoms with Gasteiger partial charge < -0.3 is 26.6 Å². The first-order valence-electron chi connectivity index (χ1n) is 11.9. The lowest BCUT2D eigenvalue weighted by Crippen LogP contribution is -2.56. The van der Waals surface area contributed by atoms with E-state index >= 15 is 0 Å². The van der Waals surface area contributed by atoms with Crippen LogP contribution in [0.3, 0.4) is 0 Å². The third-order valence-corrected chi connectivity index (χ3v) is 6.30. The smallest absolute Gasteiger partial charge is 0.246 e. The second-order valence-electron chi connectivity index (χ2n) is 8.96. The number of likely N-dealkylation sites (tertiary alicyclic amines) is 1. The highest BCUT2D eigenvalue weighted by Gasteiger charge is 2.58. The van der Waals surface area contributed by atoms with Crippen molar-refractivity contribution in [3.05, 3.63) is 28.8 Å². The van der Waals surface area contributed by atoms with Crippen molar-refractivity contribution in [3.63, 3.8) is 0 Å². The minimum absolute atomic E-state index is 0.